The van der Waals surface area contributed by atoms with Crippen LogP contribution in [-0.4, -0.2) is 22.7 Å². The van der Waals surface area contributed by atoms with Crippen molar-refractivity contribution in [2.75, 3.05) is 6.54 Å². The van der Waals surface area contributed by atoms with Crippen LogP contribution in [-0.2, 0) is 6.42 Å². The van der Waals surface area contributed by atoms with Gasteiger partial charge in [-0.1, -0.05) is 0 Å². The predicted octanol–water partition coefficient (Wildman–Crippen LogP) is 1.97. The van der Waals surface area contributed by atoms with Gasteiger partial charge in [-0.25, -0.2) is 0 Å². The minimum absolute atomic E-state index is 0.138. The van der Waals surface area contributed by atoms with Crippen molar-refractivity contribution in [1.29, 1.82) is 0 Å². The van der Waals surface area contributed by atoms with E-state index >= 15 is 0 Å². The number of furan rings is 1. The fourth-order valence-electron chi connectivity index (χ4n) is 1.80. The number of carbonyl (C=O) groups excluding carboxylic acids is 1. The van der Waals surface area contributed by atoms with Gasteiger partial charge in [0.15, 0.2) is 17.3 Å². The summed E-state index contributed by atoms with van der Waals surface area (Å²) in [7, 11) is 0. The Kier molecular flexibility index (Phi) is 3.75. The van der Waals surface area contributed by atoms with Crippen LogP contribution in [0.5, 0.6) is 11.5 Å². The van der Waals surface area contributed by atoms with Crippen molar-refractivity contribution in [2.45, 2.75) is 13.3 Å². The number of aromatic hydroxyl groups is 2. The van der Waals surface area contributed by atoms with Gasteiger partial charge < -0.3 is 19.9 Å². The summed E-state index contributed by atoms with van der Waals surface area (Å²) in [6, 6.07) is 6.24. The molecule has 2 rings (SSSR count). The zero-order chi connectivity index (χ0) is 13.8. The minimum atomic E-state index is -0.273. The number of nitrogens with one attached hydrogen (secondary N) is 1. The number of hydrogen-bond donors (Lipinski definition) is 3. The molecule has 1 aromatic heterocycles. The van der Waals surface area contributed by atoms with E-state index in [1.54, 1.807) is 12.1 Å². The number of rotatable bonds is 4. The molecule has 0 fully saturated rings. The van der Waals surface area contributed by atoms with E-state index in [9.17, 15) is 15.0 Å². The summed E-state index contributed by atoms with van der Waals surface area (Å²) < 4.78 is 4.97. The maximum atomic E-state index is 11.6. The predicted molar refractivity (Wildman–Crippen MR) is 69.3 cm³/mol. The zero-order valence-electron chi connectivity index (χ0n) is 10.5. The van der Waals surface area contributed by atoms with Crippen LogP contribution in [0.3, 0.4) is 0 Å². The van der Waals surface area contributed by atoms with Crippen LogP contribution in [0.2, 0.25) is 0 Å². The molecule has 3 N–H and O–H groups in total. The highest BCUT2D eigenvalue weighted by molar-refractivity contribution is 5.91. The van der Waals surface area contributed by atoms with Crippen LogP contribution in [0.4, 0.5) is 0 Å². The normalized spacial score (nSPS) is 10.4. The molecule has 0 unspecified atom stereocenters. The summed E-state index contributed by atoms with van der Waals surface area (Å²) >= 11 is 0. The van der Waals surface area contributed by atoms with Crippen LogP contribution in [0.1, 0.15) is 21.7 Å². The highest BCUT2D eigenvalue weighted by Gasteiger charge is 2.09. The first-order valence-electron chi connectivity index (χ1n) is 5.91. The van der Waals surface area contributed by atoms with Crippen LogP contribution in [0.25, 0.3) is 0 Å². The van der Waals surface area contributed by atoms with E-state index < -0.39 is 0 Å². The quantitative estimate of drug-likeness (QED) is 0.735. The summed E-state index contributed by atoms with van der Waals surface area (Å²) in [6.07, 6.45) is 2.00. The van der Waals surface area contributed by atoms with Gasteiger partial charge in [0.1, 0.15) is 0 Å². The van der Waals surface area contributed by atoms with E-state index in [1.807, 2.05) is 6.92 Å². The first-order valence-corrected chi connectivity index (χ1v) is 5.91. The SMILES string of the molecule is Cc1cc(O)c(O)cc1CCNC(=O)c1ccco1. The molecule has 1 amide bonds. The Morgan fingerprint density at radius 3 is 2.74 bits per heavy atom. The smallest absolute Gasteiger partial charge is 0.286 e. The van der Waals surface area contributed by atoms with Crippen LogP contribution in [0, 0.1) is 6.92 Å². The van der Waals surface area contributed by atoms with Crippen molar-refractivity contribution in [3.63, 3.8) is 0 Å². The topological polar surface area (TPSA) is 82.7 Å². The molecule has 2 aromatic rings. The van der Waals surface area contributed by atoms with Crippen LogP contribution >= 0.6 is 0 Å². The summed E-state index contributed by atoms with van der Waals surface area (Å²) in [5.74, 6) is -0.297. The molecular formula is C14H15NO4. The molecule has 100 valence electrons. The first kappa shape index (κ1) is 13.0. The molecule has 1 heterocycles. The van der Waals surface area contributed by atoms with Crippen LogP contribution in [0.15, 0.2) is 34.9 Å². The van der Waals surface area contributed by atoms with E-state index in [-0.39, 0.29) is 23.2 Å². The highest BCUT2D eigenvalue weighted by Crippen LogP contribution is 2.27. The second-order valence-corrected chi connectivity index (χ2v) is 4.25. The standard InChI is InChI=1S/C14H15NO4/c1-9-7-11(16)12(17)8-10(9)4-5-15-14(18)13-3-2-6-19-13/h2-3,6-8,16-17H,4-5H2,1H3,(H,15,18). The van der Waals surface area contributed by atoms with Gasteiger partial charge in [-0.2, -0.15) is 0 Å². The maximum absolute atomic E-state index is 11.6. The van der Waals surface area contributed by atoms with Crippen molar-refractivity contribution in [3.8, 4) is 11.5 Å². The Bertz CT molecular complexity index is 575. The molecular weight excluding hydrogens is 246 g/mol. The van der Waals surface area contributed by atoms with Gasteiger partial charge in [-0.15, -0.1) is 0 Å². The lowest BCUT2D eigenvalue weighted by atomic mass is 10.0. The average molecular weight is 261 g/mol. The molecule has 0 radical (unpaired) electrons. The number of aryl methyl sites for hydroxylation is 1. The van der Waals surface area contributed by atoms with Gasteiger partial charge in [-0.05, 0) is 48.7 Å². The molecule has 19 heavy (non-hydrogen) atoms. The van der Waals surface area contributed by atoms with Crippen molar-refractivity contribution in [3.05, 3.63) is 47.4 Å². The van der Waals surface area contributed by atoms with Crippen molar-refractivity contribution in [1.82, 2.24) is 5.32 Å². The molecule has 5 nitrogen and oxygen atoms in total. The van der Waals surface area contributed by atoms with Crippen molar-refractivity contribution >= 4 is 5.91 Å². The first-order chi connectivity index (χ1) is 9.08. The summed E-state index contributed by atoms with van der Waals surface area (Å²) in [5.41, 5.74) is 1.73. The molecule has 5 heteroatoms. The largest absolute Gasteiger partial charge is 0.504 e. The van der Waals surface area contributed by atoms with Crippen molar-refractivity contribution < 1.29 is 19.4 Å². The molecule has 1 aromatic carbocycles. The lowest BCUT2D eigenvalue weighted by Crippen LogP contribution is -2.25. The third-order valence-corrected chi connectivity index (χ3v) is 2.86. The van der Waals surface area contributed by atoms with E-state index in [2.05, 4.69) is 5.32 Å². The average Bonchev–Trinajstić information content (AvgIpc) is 2.89. The Hall–Kier alpha value is -2.43. The third kappa shape index (κ3) is 3.07. The number of benzene rings is 1. The monoisotopic (exact) mass is 261 g/mol. The molecule has 0 aliphatic heterocycles. The second kappa shape index (κ2) is 5.48. The Morgan fingerprint density at radius 2 is 2.05 bits per heavy atom. The zero-order valence-corrected chi connectivity index (χ0v) is 10.5. The molecule has 0 saturated carbocycles. The number of phenolic OH excluding ortho intramolecular Hbond substituents is 2. The fourth-order valence-corrected chi connectivity index (χ4v) is 1.80. The molecule has 0 bridgehead atoms. The van der Waals surface area contributed by atoms with Gasteiger partial charge in [0, 0.05) is 6.54 Å². The van der Waals surface area contributed by atoms with E-state index in [0.717, 1.165) is 11.1 Å². The van der Waals surface area contributed by atoms with E-state index in [0.29, 0.717) is 13.0 Å². The minimum Gasteiger partial charge on any atom is -0.504 e. The number of phenols is 2. The molecule has 0 aliphatic rings. The number of carbonyl (C=O) groups is 1. The van der Waals surface area contributed by atoms with Crippen LogP contribution < -0.4 is 5.32 Å². The molecule has 0 saturated heterocycles. The van der Waals surface area contributed by atoms with Gasteiger partial charge in [0.25, 0.3) is 5.91 Å². The van der Waals surface area contributed by atoms with Gasteiger partial charge in [0.2, 0.25) is 0 Å². The Labute approximate surface area is 110 Å². The number of amides is 1. The Balaban J connectivity index is 1.93. The lowest BCUT2D eigenvalue weighted by molar-refractivity contribution is 0.0926. The molecule has 0 spiro atoms. The van der Waals surface area contributed by atoms with Crippen molar-refractivity contribution in [2.24, 2.45) is 0 Å². The van der Waals surface area contributed by atoms with Gasteiger partial charge in [-0.3, -0.25) is 4.79 Å². The second-order valence-electron chi connectivity index (χ2n) is 4.25. The van der Waals surface area contributed by atoms with E-state index in [4.69, 9.17) is 4.42 Å². The lowest BCUT2D eigenvalue weighted by Gasteiger charge is -2.08. The number of hydrogen-bond acceptors (Lipinski definition) is 4. The maximum Gasteiger partial charge on any atom is 0.286 e. The molecule has 0 aliphatic carbocycles. The van der Waals surface area contributed by atoms with Gasteiger partial charge >= 0.3 is 0 Å². The fraction of sp³-hybridized carbons (Fsp3) is 0.214. The Morgan fingerprint density at radius 1 is 1.32 bits per heavy atom. The third-order valence-electron chi connectivity index (χ3n) is 2.86. The van der Waals surface area contributed by atoms with Gasteiger partial charge in [0.05, 0.1) is 6.26 Å². The van der Waals surface area contributed by atoms with E-state index in [1.165, 1.54) is 18.4 Å². The summed E-state index contributed by atoms with van der Waals surface area (Å²) in [4.78, 5) is 11.6. The highest BCUT2D eigenvalue weighted by atomic mass is 16.3. The summed E-state index contributed by atoms with van der Waals surface area (Å²) in [6.45, 7) is 2.26. The summed E-state index contributed by atoms with van der Waals surface area (Å²) in [5, 5.41) is 21.5. The molecule has 0 atom stereocenters.